The van der Waals surface area contributed by atoms with Crippen molar-refractivity contribution in [2.24, 2.45) is 5.73 Å². The van der Waals surface area contributed by atoms with Gasteiger partial charge in [-0.25, -0.2) is 22.6 Å². The monoisotopic (exact) mass is 474 g/mol. The number of rotatable bonds is 9. The molecule has 0 aliphatic carbocycles. The van der Waals surface area contributed by atoms with Crippen LogP contribution in [0.25, 0.3) is 22.2 Å². The molecule has 0 spiro atoms. The number of esters is 1. The fraction of sp³-hybridized carbons (Fsp3) is 0.304. The van der Waals surface area contributed by atoms with E-state index >= 15 is 0 Å². The highest BCUT2D eigenvalue weighted by Gasteiger charge is 2.23. The van der Waals surface area contributed by atoms with Crippen molar-refractivity contribution in [1.82, 2.24) is 13.9 Å². The number of nitrogens with two attached hydrogens (primary N) is 1. The Bertz CT molecular complexity index is 1300. The number of halogens is 1. The molecule has 0 atom stereocenters. The Morgan fingerprint density at radius 1 is 1.24 bits per heavy atom. The standard InChI is InChI=1S/C23H27FN4O4S/c1-4-28(5-2)33(30,31)19-8-6-7-16(11-19)20-12-17(23(29)32-3)13-21-22(20)26-15-27(21)14-18(24)9-10-25/h6-9,11-13,15H,4-5,10,14,25H2,1-3H3/b18-9-. The van der Waals surface area contributed by atoms with E-state index in [-0.39, 0.29) is 23.5 Å². The Morgan fingerprint density at radius 3 is 2.61 bits per heavy atom. The lowest BCUT2D eigenvalue weighted by atomic mass is 10.0. The SMILES string of the molecule is CCN(CC)S(=O)(=O)c1cccc(-c2cc(C(=O)OC)cc3c2ncn3C/C(F)=C/CN)c1. The predicted molar refractivity (Wildman–Crippen MR) is 125 cm³/mol. The molecule has 0 saturated carbocycles. The molecule has 0 fully saturated rings. The van der Waals surface area contributed by atoms with E-state index in [1.165, 1.54) is 29.9 Å². The summed E-state index contributed by atoms with van der Waals surface area (Å²) < 4.78 is 48.0. The van der Waals surface area contributed by atoms with Gasteiger partial charge in [0.2, 0.25) is 10.0 Å². The summed E-state index contributed by atoms with van der Waals surface area (Å²) in [7, 11) is -2.42. The second-order valence-electron chi connectivity index (χ2n) is 7.26. The van der Waals surface area contributed by atoms with E-state index in [1.54, 1.807) is 48.7 Å². The number of benzene rings is 2. The first-order chi connectivity index (χ1) is 15.8. The highest BCUT2D eigenvalue weighted by Crippen LogP contribution is 2.32. The van der Waals surface area contributed by atoms with Crippen molar-refractivity contribution >= 4 is 27.0 Å². The first kappa shape index (κ1) is 24.6. The zero-order chi connectivity index (χ0) is 24.2. The molecule has 3 rings (SSSR count). The van der Waals surface area contributed by atoms with Crippen molar-refractivity contribution in [2.45, 2.75) is 25.3 Å². The summed E-state index contributed by atoms with van der Waals surface area (Å²) in [6.45, 7) is 4.20. The lowest BCUT2D eigenvalue weighted by Gasteiger charge is -2.19. The van der Waals surface area contributed by atoms with Gasteiger partial charge < -0.3 is 15.0 Å². The number of methoxy groups -OCH3 is 1. The average molecular weight is 475 g/mol. The Balaban J connectivity index is 2.22. The summed E-state index contributed by atoms with van der Waals surface area (Å²) in [5.41, 5.74) is 7.72. The van der Waals surface area contributed by atoms with Crippen molar-refractivity contribution in [3.05, 3.63) is 60.2 Å². The Kier molecular flexibility index (Phi) is 7.62. The van der Waals surface area contributed by atoms with E-state index in [9.17, 15) is 17.6 Å². The second-order valence-corrected chi connectivity index (χ2v) is 9.20. The van der Waals surface area contributed by atoms with Gasteiger partial charge in [0.15, 0.2) is 0 Å². The Morgan fingerprint density at radius 2 is 1.97 bits per heavy atom. The molecule has 8 nitrogen and oxygen atoms in total. The van der Waals surface area contributed by atoms with Gasteiger partial charge in [0.05, 0.1) is 41.5 Å². The molecule has 3 aromatic rings. The van der Waals surface area contributed by atoms with Crippen LogP contribution >= 0.6 is 0 Å². The number of imidazole rings is 1. The molecule has 176 valence electrons. The van der Waals surface area contributed by atoms with Gasteiger partial charge in [-0.05, 0) is 35.9 Å². The Labute approximate surface area is 192 Å². The van der Waals surface area contributed by atoms with Crippen LogP contribution in [-0.2, 0) is 21.3 Å². The van der Waals surface area contributed by atoms with Crippen LogP contribution in [0, 0.1) is 0 Å². The molecule has 10 heteroatoms. The molecule has 0 unspecified atom stereocenters. The largest absolute Gasteiger partial charge is 0.465 e. The molecule has 0 saturated heterocycles. The molecule has 2 N–H and O–H groups in total. The van der Waals surface area contributed by atoms with E-state index < -0.39 is 21.8 Å². The minimum absolute atomic E-state index is 0.0604. The van der Waals surface area contributed by atoms with Crippen molar-refractivity contribution in [1.29, 1.82) is 0 Å². The van der Waals surface area contributed by atoms with Gasteiger partial charge in [0, 0.05) is 25.2 Å². The summed E-state index contributed by atoms with van der Waals surface area (Å²) in [4.78, 5) is 16.9. The van der Waals surface area contributed by atoms with Crippen LogP contribution in [0.1, 0.15) is 24.2 Å². The van der Waals surface area contributed by atoms with Gasteiger partial charge in [-0.1, -0.05) is 26.0 Å². The molecule has 33 heavy (non-hydrogen) atoms. The topological polar surface area (TPSA) is 108 Å². The molecule has 0 radical (unpaired) electrons. The second kappa shape index (κ2) is 10.2. The summed E-state index contributed by atoms with van der Waals surface area (Å²) in [5, 5.41) is 0. The number of ether oxygens (including phenoxy) is 1. The van der Waals surface area contributed by atoms with Crippen LogP contribution in [-0.4, -0.2) is 55.0 Å². The van der Waals surface area contributed by atoms with E-state index in [4.69, 9.17) is 10.5 Å². The van der Waals surface area contributed by atoms with Crippen molar-refractivity contribution in [2.75, 3.05) is 26.7 Å². The summed E-state index contributed by atoms with van der Waals surface area (Å²) in [6, 6.07) is 9.64. The normalized spacial score (nSPS) is 12.5. The molecule has 2 aromatic carbocycles. The molecular weight excluding hydrogens is 447 g/mol. The van der Waals surface area contributed by atoms with E-state index in [0.29, 0.717) is 35.2 Å². The van der Waals surface area contributed by atoms with Crippen LogP contribution < -0.4 is 5.73 Å². The third kappa shape index (κ3) is 4.97. The quantitative estimate of drug-likeness (QED) is 0.477. The average Bonchev–Trinajstić information content (AvgIpc) is 3.21. The number of hydrogen-bond donors (Lipinski definition) is 1. The Hall–Kier alpha value is -3.08. The maximum atomic E-state index is 14.1. The summed E-state index contributed by atoms with van der Waals surface area (Å²) >= 11 is 0. The van der Waals surface area contributed by atoms with Crippen LogP contribution in [0.15, 0.2) is 59.5 Å². The van der Waals surface area contributed by atoms with E-state index in [0.717, 1.165) is 0 Å². The van der Waals surface area contributed by atoms with Crippen molar-refractivity contribution < 1.29 is 22.3 Å². The zero-order valence-corrected chi connectivity index (χ0v) is 19.6. The fourth-order valence-electron chi connectivity index (χ4n) is 3.64. The minimum atomic E-state index is -3.69. The van der Waals surface area contributed by atoms with E-state index in [2.05, 4.69) is 4.98 Å². The number of allylic oxidation sites excluding steroid dienone is 1. The molecule has 0 aliphatic heterocycles. The minimum Gasteiger partial charge on any atom is -0.465 e. The van der Waals surface area contributed by atoms with Gasteiger partial charge in [0.25, 0.3) is 0 Å². The van der Waals surface area contributed by atoms with E-state index in [1.807, 2.05) is 0 Å². The highest BCUT2D eigenvalue weighted by molar-refractivity contribution is 7.89. The number of carbonyl (C=O) groups is 1. The first-order valence-corrected chi connectivity index (χ1v) is 11.9. The number of hydrogen-bond acceptors (Lipinski definition) is 6. The molecular formula is C23H27FN4O4S. The van der Waals surface area contributed by atoms with Crippen molar-refractivity contribution in [3.8, 4) is 11.1 Å². The van der Waals surface area contributed by atoms with Gasteiger partial charge in [-0.2, -0.15) is 4.31 Å². The predicted octanol–water partition coefficient (Wildman–Crippen LogP) is 3.33. The lowest BCUT2D eigenvalue weighted by Crippen LogP contribution is -2.30. The van der Waals surface area contributed by atoms with Crippen LogP contribution in [0.3, 0.4) is 0 Å². The zero-order valence-electron chi connectivity index (χ0n) is 18.8. The number of sulfonamides is 1. The molecule has 0 amide bonds. The van der Waals surface area contributed by atoms with Crippen molar-refractivity contribution in [3.63, 3.8) is 0 Å². The molecule has 0 aliphatic rings. The van der Waals surface area contributed by atoms with Crippen LogP contribution in [0.4, 0.5) is 4.39 Å². The third-order valence-corrected chi connectivity index (χ3v) is 7.34. The third-order valence-electron chi connectivity index (χ3n) is 5.30. The van der Waals surface area contributed by atoms with Gasteiger partial charge >= 0.3 is 5.97 Å². The van der Waals surface area contributed by atoms with Crippen LogP contribution in [0.5, 0.6) is 0 Å². The maximum Gasteiger partial charge on any atom is 0.337 e. The molecule has 1 heterocycles. The molecule has 1 aromatic heterocycles. The summed E-state index contributed by atoms with van der Waals surface area (Å²) in [6.07, 6.45) is 2.73. The van der Waals surface area contributed by atoms with Gasteiger partial charge in [-0.3, -0.25) is 0 Å². The van der Waals surface area contributed by atoms with Gasteiger partial charge in [0.1, 0.15) is 5.83 Å². The summed E-state index contributed by atoms with van der Waals surface area (Å²) in [5.74, 6) is -1.01. The lowest BCUT2D eigenvalue weighted by molar-refractivity contribution is 0.0601. The fourth-order valence-corrected chi connectivity index (χ4v) is 5.14. The number of aromatic nitrogens is 2. The van der Waals surface area contributed by atoms with Crippen LogP contribution in [0.2, 0.25) is 0 Å². The highest BCUT2D eigenvalue weighted by atomic mass is 32.2. The number of carbonyl (C=O) groups excluding carboxylic acids is 1. The number of fused-ring (bicyclic) bond motifs is 1. The molecule has 0 bridgehead atoms. The maximum absolute atomic E-state index is 14.1. The first-order valence-electron chi connectivity index (χ1n) is 10.5. The number of nitrogens with zero attached hydrogens (tertiary/aromatic N) is 3. The van der Waals surface area contributed by atoms with Gasteiger partial charge in [-0.15, -0.1) is 0 Å². The smallest absolute Gasteiger partial charge is 0.337 e.